The van der Waals surface area contributed by atoms with Crippen molar-refractivity contribution in [3.8, 4) is 22.6 Å². The Morgan fingerprint density at radius 3 is 2.32 bits per heavy atom. The highest BCUT2D eigenvalue weighted by molar-refractivity contribution is 7.27. The molecule has 1 atom stereocenters. The predicted molar refractivity (Wildman–Crippen MR) is 122 cm³/mol. The van der Waals surface area contributed by atoms with E-state index in [9.17, 15) is 0 Å². The molecule has 0 spiro atoms. The highest BCUT2D eigenvalue weighted by atomic mass is 35.5. The van der Waals surface area contributed by atoms with Crippen molar-refractivity contribution in [2.75, 3.05) is 12.5 Å². The first-order valence-corrected chi connectivity index (χ1v) is 10.7. The Hall–Kier alpha value is -2.02. The van der Waals surface area contributed by atoms with Gasteiger partial charge in [0.25, 0.3) is 0 Å². The van der Waals surface area contributed by atoms with Crippen LogP contribution in [-0.4, -0.2) is 12.5 Å². The summed E-state index contributed by atoms with van der Waals surface area (Å²) in [4.78, 5) is 0. The summed E-state index contributed by atoms with van der Waals surface area (Å²) in [6, 6.07) is 22.9. The number of hydrogen-bond donors (Lipinski definition) is 0. The van der Waals surface area contributed by atoms with Gasteiger partial charge in [-0.15, -0.1) is 20.8 Å². The van der Waals surface area contributed by atoms with E-state index in [1.165, 1.54) is 5.56 Å². The van der Waals surface area contributed by atoms with E-state index in [2.05, 4.69) is 58.6 Å². The first kappa shape index (κ1) is 20.7. The normalized spacial score (nSPS) is 10.7. The number of benzene rings is 3. The molecular weight excluding hydrogens is 387 g/mol. The van der Waals surface area contributed by atoms with Gasteiger partial charge < -0.3 is 9.47 Å². The lowest BCUT2D eigenvalue weighted by atomic mass is 10.00. The zero-order valence-electron chi connectivity index (χ0n) is 16.2. The topological polar surface area (TPSA) is 18.5 Å². The first-order chi connectivity index (χ1) is 13.7. The van der Waals surface area contributed by atoms with Crippen LogP contribution in [0.25, 0.3) is 11.1 Å². The van der Waals surface area contributed by atoms with Crippen LogP contribution in [0.1, 0.15) is 24.5 Å². The van der Waals surface area contributed by atoms with Crippen LogP contribution in [0.15, 0.2) is 66.7 Å². The van der Waals surface area contributed by atoms with Crippen LogP contribution in [0.2, 0.25) is 0 Å². The lowest BCUT2D eigenvalue weighted by Crippen LogP contribution is -2.03. The fourth-order valence-corrected chi connectivity index (χ4v) is 3.30. The lowest BCUT2D eigenvalue weighted by Gasteiger charge is -2.17. The SMILES string of the molecule is CCc1cc(-c2ccc(P)cc2)c(OCc2ccccc2)cc1OCCCCl. The molecule has 0 saturated carbocycles. The van der Waals surface area contributed by atoms with Crippen molar-refractivity contribution in [3.05, 3.63) is 77.9 Å². The summed E-state index contributed by atoms with van der Waals surface area (Å²) >= 11 is 5.80. The fourth-order valence-electron chi connectivity index (χ4n) is 3.00. The van der Waals surface area contributed by atoms with Crippen LogP contribution in [0.3, 0.4) is 0 Å². The highest BCUT2D eigenvalue weighted by Gasteiger charge is 2.13. The number of ether oxygens (including phenoxy) is 2. The summed E-state index contributed by atoms with van der Waals surface area (Å²) in [5, 5.41) is 1.16. The highest BCUT2D eigenvalue weighted by Crippen LogP contribution is 2.37. The van der Waals surface area contributed by atoms with E-state index >= 15 is 0 Å². The smallest absolute Gasteiger partial charge is 0.131 e. The molecule has 0 aliphatic rings. The summed E-state index contributed by atoms with van der Waals surface area (Å²) in [5.74, 6) is 2.30. The molecule has 2 nitrogen and oxygen atoms in total. The number of alkyl halides is 1. The summed E-state index contributed by atoms with van der Waals surface area (Å²) in [5.41, 5.74) is 4.53. The molecule has 3 aromatic rings. The minimum absolute atomic E-state index is 0.516. The van der Waals surface area contributed by atoms with Gasteiger partial charge in [-0.1, -0.05) is 61.5 Å². The molecule has 0 aliphatic heterocycles. The monoisotopic (exact) mass is 412 g/mol. The van der Waals surface area contributed by atoms with E-state index < -0.39 is 0 Å². The van der Waals surface area contributed by atoms with E-state index in [4.69, 9.17) is 21.1 Å². The second kappa shape index (κ2) is 10.5. The molecule has 146 valence electrons. The molecule has 1 unspecified atom stereocenters. The second-order valence-electron chi connectivity index (χ2n) is 6.60. The van der Waals surface area contributed by atoms with Gasteiger partial charge in [0.15, 0.2) is 0 Å². The summed E-state index contributed by atoms with van der Waals surface area (Å²) in [6.07, 6.45) is 1.71. The molecule has 0 bridgehead atoms. The van der Waals surface area contributed by atoms with Crippen molar-refractivity contribution in [2.45, 2.75) is 26.4 Å². The summed E-state index contributed by atoms with van der Waals surface area (Å²) in [7, 11) is 2.73. The Balaban J connectivity index is 1.95. The van der Waals surface area contributed by atoms with Gasteiger partial charge in [0, 0.05) is 17.5 Å². The van der Waals surface area contributed by atoms with Gasteiger partial charge in [-0.3, -0.25) is 0 Å². The Morgan fingerprint density at radius 1 is 0.893 bits per heavy atom. The van der Waals surface area contributed by atoms with Gasteiger partial charge in [0.1, 0.15) is 18.1 Å². The molecule has 3 aromatic carbocycles. The van der Waals surface area contributed by atoms with Crippen LogP contribution in [0.5, 0.6) is 11.5 Å². The zero-order valence-corrected chi connectivity index (χ0v) is 18.1. The molecule has 0 saturated heterocycles. The number of rotatable bonds is 9. The largest absolute Gasteiger partial charge is 0.493 e. The van der Waals surface area contributed by atoms with Crippen molar-refractivity contribution in [1.29, 1.82) is 0 Å². The van der Waals surface area contributed by atoms with Crippen LogP contribution < -0.4 is 14.8 Å². The zero-order chi connectivity index (χ0) is 19.8. The van der Waals surface area contributed by atoms with Crippen LogP contribution in [0.4, 0.5) is 0 Å². The van der Waals surface area contributed by atoms with E-state index in [0.29, 0.717) is 19.1 Å². The van der Waals surface area contributed by atoms with Crippen molar-refractivity contribution in [1.82, 2.24) is 0 Å². The summed E-state index contributed by atoms with van der Waals surface area (Å²) in [6.45, 7) is 3.27. The standard InChI is InChI=1S/C24H26ClO2P/c1-2-19-15-22(20-9-11-21(28)12-10-20)24(16-23(19)26-14-6-13-25)27-17-18-7-4-3-5-8-18/h3-5,7-12,15-16H,2,6,13-14,17,28H2,1H3. The van der Waals surface area contributed by atoms with E-state index in [-0.39, 0.29) is 0 Å². The maximum absolute atomic E-state index is 6.24. The van der Waals surface area contributed by atoms with Crippen molar-refractivity contribution in [2.24, 2.45) is 0 Å². The average Bonchev–Trinajstić information content (AvgIpc) is 2.74. The van der Waals surface area contributed by atoms with E-state index in [1.54, 1.807) is 0 Å². The Kier molecular flexibility index (Phi) is 7.77. The Morgan fingerprint density at radius 2 is 1.64 bits per heavy atom. The van der Waals surface area contributed by atoms with E-state index in [0.717, 1.165) is 46.3 Å². The molecule has 0 heterocycles. The third kappa shape index (κ3) is 5.50. The molecule has 0 radical (unpaired) electrons. The van der Waals surface area contributed by atoms with Crippen molar-refractivity contribution < 1.29 is 9.47 Å². The van der Waals surface area contributed by atoms with Crippen LogP contribution >= 0.6 is 20.8 Å². The molecule has 0 fully saturated rings. The van der Waals surface area contributed by atoms with Gasteiger partial charge in [0.2, 0.25) is 0 Å². The van der Waals surface area contributed by atoms with Crippen LogP contribution in [-0.2, 0) is 13.0 Å². The molecule has 3 rings (SSSR count). The number of halogens is 1. The third-order valence-corrected chi connectivity index (χ3v) is 5.19. The molecule has 0 amide bonds. The van der Waals surface area contributed by atoms with Gasteiger partial charge in [0.05, 0.1) is 6.61 Å². The minimum atomic E-state index is 0.516. The number of aryl methyl sites for hydroxylation is 1. The fraction of sp³-hybridized carbons (Fsp3) is 0.250. The van der Waals surface area contributed by atoms with E-state index in [1.807, 2.05) is 24.3 Å². The second-order valence-corrected chi connectivity index (χ2v) is 7.64. The number of hydrogen-bond acceptors (Lipinski definition) is 2. The molecule has 4 heteroatoms. The predicted octanol–water partition coefficient (Wildman–Crippen LogP) is 6.00. The Labute approximate surface area is 175 Å². The lowest BCUT2D eigenvalue weighted by molar-refractivity contribution is 0.294. The molecule has 28 heavy (non-hydrogen) atoms. The summed E-state index contributed by atoms with van der Waals surface area (Å²) < 4.78 is 12.2. The van der Waals surface area contributed by atoms with Gasteiger partial charge in [-0.25, -0.2) is 0 Å². The first-order valence-electron chi connectivity index (χ1n) is 9.59. The quantitative estimate of drug-likeness (QED) is 0.243. The third-order valence-electron chi connectivity index (χ3n) is 4.54. The molecule has 0 N–H and O–H groups in total. The van der Waals surface area contributed by atoms with Gasteiger partial charge in [-0.2, -0.15) is 0 Å². The van der Waals surface area contributed by atoms with Gasteiger partial charge >= 0.3 is 0 Å². The molecule has 0 aliphatic carbocycles. The maximum Gasteiger partial charge on any atom is 0.131 e. The molecular formula is C24H26ClO2P. The van der Waals surface area contributed by atoms with Gasteiger partial charge in [-0.05, 0) is 40.9 Å². The Bertz CT molecular complexity index is 879. The average molecular weight is 413 g/mol. The van der Waals surface area contributed by atoms with Crippen molar-refractivity contribution in [3.63, 3.8) is 0 Å². The maximum atomic E-state index is 6.24. The van der Waals surface area contributed by atoms with Crippen molar-refractivity contribution >= 4 is 26.1 Å². The molecule has 0 aromatic heterocycles. The minimum Gasteiger partial charge on any atom is -0.493 e. The van der Waals surface area contributed by atoms with Crippen LogP contribution in [0, 0.1) is 0 Å².